The van der Waals surface area contributed by atoms with Crippen molar-refractivity contribution >= 4 is 17.4 Å². The monoisotopic (exact) mass is 346 g/mol. The Kier molecular flexibility index (Phi) is 4.33. The van der Waals surface area contributed by atoms with Crippen molar-refractivity contribution in [2.75, 3.05) is 11.6 Å². The van der Waals surface area contributed by atoms with Crippen LogP contribution in [0.2, 0.25) is 0 Å². The molecule has 1 aliphatic heterocycles. The molecule has 132 valence electrons. The van der Waals surface area contributed by atoms with Gasteiger partial charge < -0.3 is 4.74 Å². The SMILES string of the molecule is CCOC(=O)C12CCC=C1N(c1ccccc1)N=C(c1ccccc1)C2. The maximum absolute atomic E-state index is 13.0. The number of carbonyl (C=O) groups is 1. The number of carbonyl (C=O) groups excluding carboxylic acids is 1. The van der Waals surface area contributed by atoms with E-state index in [0.29, 0.717) is 13.0 Å². The number of esters is 1. The third-order valence-corrected chi connectivity index (χ3v) is 5.09. The third-order valence-electron chi connectivity index (χ3n) is 5.09. The van der Waals surface area contributed by atoms with Gasteiger partial charge >= 0.3 is 5.97 Å². The molecule has 1 unspecified atom stereocenters. The smallest absolute Gasteiger partial charge is 0.318 e. The van der Waals surface area contributed by atoms with Gasteiger partial charge in [0.15, 0.2) is 0 Å². The number of benzene rings is 2. The van der Waals surface area contributed by atoms with Crippen LogP contribution in [0.15, 0.2) is 77.5 Å². The van der Waals surface area contributed by atoms with Gasteiger partial charge in [-0.05, 0) is 37.5 Å². The number of hydrazone groups is 1. The number of ether oxygens (including phenoxy) is 1. The lowest BCUT2D eigenvalue weighted by Crippen LogP contribution is -2.44. The molecule has 0 bridgehead atoms. The molecule has 0 saturated heterocycles. The van der Waals surface area contributed by atoms with E-state index in [1.807, 2.05) is 72.6 Å². The van der Waals surface area contributed by atoms with Crippen LogP contribution >= 0.6 is 0 Å². The molecule has 4 rings (SSSR count). The molecule has 1 atom stereocenters. The second-order valence-corrected chi connectivity index (χ2v) is 6.67. The first-order valence-electron chi connectivity index (χ1n) is 9.10. The van der Waals surface area contributed by atoms with Crippen LogP contribution in [-0.2, 0) is 9.53 Å². The van der Waals surface area contributed by atoms with Gasteiger partial charge in [-0.3, -0.25) is 4.79 Å². The molecule has 4 nitrogen and oxygen atoms in total. The highest BCUT2D eigenvalue weighted by molar-refractivity contribution is 6.06. The summed E-state index contributed by atoms with van der Waals surface area (Å²) in [6, 6.07) is 20.1. The topological polar surface area (TPSA) is 41.9 Å². The average molecular weight is 346 g/mol. The van der Waals surface area contributed by atoms with Crippen LogP contribution in [0, 0.1) is 5.41 Å². The fourth-order valence-corrected chi connectivity index (χ4v) is 3.85. The van der Waals surface area contributed by atoms with Crippen molar-refractivity contribution < 1.29 is 9.53 Å². The van der Waals surface area contributed by atoms with E-state index >= 15 is 0 Å². The molecule has 0 N–H and O–H groups in total. The maximum Gasteiger partial charge on any atom is 0.318 e. The number of anilines is 1. The molecule has 2 aromatic carbocycles. The van der Waals surface area contributed by atoms with E-state index in [1.165, 1.54) is 0 Å². The Morgan fingerprint density at radius 1 is 1.12 bits per heavy atom. The minimum Gasteiger partial charge on any atom is -0.465 e. The van der Waals surface area contributed by atoms with Crippen molar-refractivity contribution in [3.05, 3.63) is 78.0 Å². The summed E-state index contributed by atoms with van der Waals surface area (Å²) in [5.41, 5.74) is 3.22. The summed E-state index contributed by atoms with van der Waals surface area (Å²) < 4.78 is 5.49. The van der Waals surface area contributed by atoms with Crippen LogP contribution in [0.25, 0.3) is 0 Å². The van der Waals surface area contributed by atoms with Gasteiger partial charge in [0.1, 0.15) is 5.41 Å². The highest BCUT2D eigenvalue weighted by atomic mass is 16.5. The summed E-state index contributed by atoms with van der Waals surface area (Å²) in [6.07, 6.45) is 4.33. The predicted molar refractivity (Wildman–Crippen MR) is 103 cm³/mol. The number of nitrogens with zero attached hydrogens (tertiary/aromatic N) is 2. The fraction of sp³-hybridized carbons (Fsp3) is 0.273. The van der Waals surface area contributed by atoms with Crippen molar-refractivity contribution in [1.82, 2.24) is 0 Å². The van der Waals surface area contributed by atoms with Crippen molar-refractivity contribution in [2.45, 2.75) is 26.2 Å². The summed E-state index contributed by atoms with van der Waals surface area (Å²) in [6.45, 7) is 2.24. The number of allylic oxidation sites excluding steroid dienone is 1. The number of para-hydroxylation sites is 1. The molecular weight excluding hydrogens is 324 g/mol. The minimum absolute atomic E-state index is 0.145. The molecule has 0 radical (unpaired) electrons. The number of fused-ring (bicyclic) bond motifs is 1. The van der Waals surface area contributed by atoms with E-state index < -0.39 is 5.41 Å². The second kappa shape index (κ2) is 6.79. The van der Waals surface area contributed by atoms with Crippen LogP contribution in [0.3, 0.4) is 0 Å². The Morgan fingerprint density at radius 3 is 2.50 bits per heavy atom. The lowest BCUT2D eigenvalue weighted by molar-refractivity contribution is -0.152. The number of hydrogen-bond donors (Lipinski definition) is 0. The lowest BCUT2D eigenvalue weighted by Gasteiger charge is -2.39. The van der Waals surface area contributed by atoms with Crippen molar-refractivity contribution in [3.8, 4) is 0 Å². The Morgan fingerprint density at radius 2 is 1.81 bits per heavy atom. The van der Waals surface area contributed by atoms with Gasteiger partial charge in [0.05, 0.1) is 23.7 Å². The molecule has 0 fully saturated rings. The Labute approximate surface area is 153 Å². The van der Waals surface area contributed by atoms with Crippen molar-refractivity contribution in [1.29, 1.82) is 0 Å². The van der Waals surface area contributed by atoms with Crippen LogP contribution < -0.4 is 5.01 Å². The predicted octanol–water partition coefficient (Wildman–Crippen LogP) is 4.53. The zero-order valence-electron chi connectivity index (χ0n) is 14.9. The first-order valence-corrected chi connectivity index (χ1v) is 9.10. The first-order chi connectivity index (χ1) is 12.7. The number of rotatable bonds is 4. The van der Waals surface area contributed by atoms with Crippen LogP contribution in [0.4, 0.5) is 5.69 Å². The normalized spacial score (nSPS) is 21.7. The van der Waals surface area contributed by atoms with Gasteiger partial charge in [-0.2, -0.15) is 5.10 Å². The molecule has 0 aromatic heterocycles. The lowest BCUT2D eigenvalue weighted by atomic mass is 9.77. The molecular formula is C22H22N2O2. The first kappa shape index (κ1) is 16.6. The summed E-state index contributed by atoms with van der Waals surface area (Å²) in [5.74, 6) is -0.145. The van der Waals surface area contributed by atoms with Gasteiger partial charge in [-0.1, -0.05) is 54.6 Å². The van der Waals surface area contributed by atoms with Gasteiger partial charge in [0, 0.05) is 6.42 Å². The van der Waals surface area contributed by atoms with Gasteiger partial charge in [0.25, 0.3) is 0 Å². The van der Waals surface area contributed by atoms with E-state index in [2.05, 4.69) is 6.08 Å². The maximum atomic E-state index is 13.0. The third kappa shape index (κ3) is 2.71. The Balaban J connectivity index is 1.85. The highest BCUT2D eigenvalue weighted by Gasteiger charge is 2.51. The summed E-state index contributed by atoms with van der Waals surface area (Å²) in [4.78, 5) is 13.0. The van der Waals surface area contributed by atoms with Gasteiger partial charge in [-0.15, -0.1) is 0 Å². The fourth-order valence-electron chi connectivity index (χ4n) is 3.85. The Hall–Kier alpha value is -2.88. The molecule has 1 heterocycles. The Bertz CT molecular complexity index is 858. The van der Waals surface area contributed by atoms with Crippen molar-refractivity contribution in [2.24, 2.45) is 10.5 Å². The molecule has 0 spiro atoms. The molecule has 4 heteroatoms. The summed E-state index contributed by atoms with van der Waals surface area (Å²) >= 11 is 0. The van der Waals surface area contributed by atoms with Gasteiger partial charge in [-0.25, -0.2) is 5.01 Å². The molecule has 2 aromatic rings. The summed E-state index contributed by atoms with van der Waals surface area (Å²) in [5, 5.41) is 6.85. The van der Waals surface area contributed by atoms with E-state index in [4.69, 9.17) is 9.84 Å². The second-order valence-electron chi connectivity index (χ2n) is 6.67. The molecule has 0 saturated carbocycles. The van der Waals surface area contributed by atoms with Crippen LogP contribution in [0.5, 0.6) is 0 Å². The average Bonchev–Trinajstić information content (AvgIpc) is 3.14. The van der Waals surface area contributed by atoms with E-state index in [0.717, 1.165) is 35.5 Å². The highest BCUT2D eigenvalue weighted by Crippen LogP contribution is 2.49. The summed E-state index contributed by atoms with van der Waals surface area (Å²) in [7, 11) is 0. The van der Waals surface area contributed by atoms with E-state index in [1.54, 1.807) is 0 Å². The largest absolute Gasteiger partial charge is 0.465 e. The van der Waals surface area contributed by atoms with E-state index in [-0.39, 0.29) is 5.97 Å². The molecule has 1 aliphatic carbocycles. The zero-order chi connectivity index (χ0) is 18.0. The zero-order valence-corrected chi connectivity index (χ0v) is 14.9. The van der Waals surface area contributed by atoms with Crippen LogP contribution in [-0.4, -0.2) is 18.3 Å². The number of hydrogen-bond acceptors (Lipinski definition) is 4. The van der Waals surface area contributed by atoms with E-state index in [9.17, 15) is 4.79 Å². The van der Waals surface area contributed by atoms with Crippen LogP contribution in [0.1, 0.15) is 31.7 Å². The molecule has 2 aliphatic rings. The molecule has 26 heavy (non-hydrogen) atoms. The molecule has 0 amide bonds. The standard InChI is InChI=1S/C22H22N2O2/c1-2-26-21(25)22-15-9-14-20(22)24(18-12-7-4-8-13-18)23-19(16-22)17-10-5-3-6-11-17/h3-8,10-14H,2,9,15-16H2,1H3. The van der Waals surface area contributed by atoms with Crippen molar-refractivity contribution in [3.63, 3.8) is 0 Å². The van der Waals surface area contributed by atoms with Gasteiger partial charge in [0.2, 0.25) is 0 Å². The minimum atomic E-state index is -0.654. The quantitative estimate of drug-likeness (QED) is 0.764.